The van der Waals surface area contributed by atoms with Crippen LogP contribution in [0.25, 0.3) is 0 Å². The van der Waals surface area contributed by atoms with Crippen LogP contribution >= 0.6 is 0 Å². The predicted molar refractivity (Wildman–Crippen MR) is 70.5 cm³/mol. The number of carboxylic acid groups (broad SMARTS) is 1. The van der Waals surface area contributed by atoms with Crippen molar-refractivity contribution in [1.82, 2.24) is 4.31 Å². The maximum absolute atomic E-state index is 13.4. The fourth-order valence-electron chi connectivity index (χ4n) is 2.35. The first-order valence-corrected chi connectivity index (χ1v) is 7.79. The number of rotatable bonds is 3. The molecule has 1 aromatic rings. The van der Waals surface area contributed by atoms with Crippen LogP contribution < -0.4 is 0 Å². The lowest BCUT2D eigenvalue weighted by Gasteiger charge is -2.30. The Morgan fingerprint density at radius 3 is 2.70 bits per heavy atom. The smallest absolute Gasteiger partial charge is 0.335 e. The lowest BCUT2D eigenvalue weighted by Crippen LogP contribution is -2.39. The summed E-state index contributed by atoms with van der Waals surface area (Å²) < 4.78 is 39.6. The zero-order chi connectivity index (χ0) is 14.9. The molecule has 7 heteroatoms. The van der Waals surface area contributed by atoms with Crippen LogP contribution in [0.3, 0.4) is 0 Å². The monoisotopic (exact) mass is 301 g/mol. The Hall–Kier alpha value is -1.47. The molecule has 0 spiro atoms. The number of carboxylic acids is 1. The second-order valence-electron chi connectivity index (χ2n) is 5.09. The molecule has 1 unspecified atom stereocenters. The minimum Gasteiger partial charge on any atom is -0.478 e. The number of nitrogens with zero attached hydrogens (tertiary/aromatic N) is 1. The molecule has 20 heavy (non-hydrogen) atoms. The van der Waals surface area contributed by atoms with Gasteiger partial charge in [-0.25, -0.2) is 17.6 Å². The first kappa shape index (κ1) is 14.9. The van der Waals surface area contributed by atoms with E-state index in [1.807, 2.05) is 6.92 Å². The molecule has 2 rings (SSSR count). The first-order valence-electron chi connectivity index (χ1n) is 6.35. The number of aromatic carboxylic acids is 1. The average Bonchev–Trinajstić information content (AvgIpc) is 2.38. The molecule has 0 amide bonds. The van der Waals surface area contributed by atoms with E-state index >= 15 is 0 Å². The number of piperidine rings is 1. The van der Waals surface area contributed by atoms with Gasteiger partial charge in [-0.3, -0.25) is 0 Å². The van der Waals surface area contributed by atoms with E-state index in [4.69, 9.17) is 5.11 Å². The van der Waals surface area contributed by atoms with Crippen LogP contribution in [-0.2, 0) is 10.0 Å². The van der Waals surface area contributed by atoms with Gasteiger partial charge in [0, 0.05) is 13.1 Å². The Morgan fingerprint density at radius 1 is 1.40 bits per heavy atom. The molecule has 0 saturated carbocycles. The molecule has 1 aliphatic rings. The Balaban J connectivity index is 2.41. The summed E-state index contributed by atoms with van der Waals surface area (Å²) >= 11 is 0. The molecule has 1 atom stereocenters. The average molecular weight is 301 g/mol. The van der Waals surface area contributed by atoms with Gasteiger partial charge in [0.1, 0.15) is 5.82 Å². The van der Waals surface area contributed by atoms with Crippen molar-refractivity contribution in [1.29, 1.82) is 0 Å². The Labute approximate surface area is 117 Å². The van der Waals surface area contributed by atoms with Crippen LogP contribution in [0.2, 0.25) is 0 Å². The third kappa shape index (κ3) is 2.99. The van der Waals surface area contributed by atoms with E-state index in [0.717, 1.165) is 31.0 Å². The van der Waals surface area contributed by atoms with E-state index in [0.29, 0.717) is 13.1 Å². The van der Waals surface area contributed by atoms with Gasteiger partial charge < -0.3 is 5.11 Å². The molecular weight excluding hydrogens is 285 g/mol. The third-order valence-corrected chi connectivity index (χ3v) is 5.22. The summed E-state index contributed by atoms with van der Waals surface area (Å²) in [6, 6.07) is 2.67. The minimum atomic E-state index is -3.84. The summed E-state index contributed by atoms with van der Waals surface area (Å²) in [7, 11) is -3.84. The second kappa shape index (κ2) is 5.49. The van der Waals surface area contributed by atoms with Gasteiger partial charge in [-0.15, -0.1) is 0 Å². The van der Waals surface area contributed by atoms with E-state index in [1.54, 1.807) is 0 Å². The molecule has 1 aromatic carbocycles. The Morgan fingerprint density at radius 2 is 2.10 bits per heavy atom. The molecule has 1 aliphatic heterocycles. The van der Waals surface area contributed by atoms with Crippen LogP contribution in [0.15, 0.2) is 23.1 Å². The quantitative estimate of drug-likeness (QED) is 0.926. The van der Waals surface area contributed by atoms with Crippen molar-refractivity contribution in [2.45, 2.75) is 24.7 Å². The topological polar surface area (TPSA) is 74.7 Å². The van der Waals surface area contributed by atoms with Crippen molar-refractivity contribution < 1.29 is 22.7 Å². The van der Waals surface area contributed by atoms with Gasteiger partial charge in [-0.1, -0.05) is 6.92 Å². The predicted octanol–water partition coefficient (Wildman–Crippen LogP) is 1.94. The minimum absolute atomic E-state index is 0.242. The first-order chi connectivity index (χ1) is 9.30. The molecule has 1 saturated heterocycles. The van der Waals surface area contributed by atoms with Crippen LogP contribution in [0, 0.1) is 11.7 Å². The van der Waals surface area contributed by atoms with Gasteiger partial charge in [0.25, 0.3) is 0 Å². The van der Waals surface area contributed by atoms with Gasteiger partial charge in [0.05, 0.1) is 10.5 Å². The molecule has 1 N–H and O–H groups in total. The molecule has 1 fully saturated rings. The summed E-state index contributed by atoms with van der Waals surface area (Å²) in [6.45, 7) is 2.71. The molecule has 0 radical (unpaired) electrons. The van der Waals surface area contributed by atoms with Crippen LogP contribution in [0.1, 0.15) is 30.1 Å². The van der Waals surface area contributed by atoms with E-state index in [1.165, 1.54) is 4.31 Å². The summed E-state index contributed by atoms with van der Waals surface area (Å²) in [5, 5.41) is 8.88. The van der Waals surface area contributed by atoms with E-state index in [9.17, 15) is 17.6 Å². The highest BCUT2D eigenvalue weighted by Crippen LogP contribution is 2.24. The van der Waals surface area contributed by atoms with Gasteiger partial charge in [0.2, 0.25) is 10.0 Å². The van der Waals surface area contributed by atoms with Gasteiger partial charge in [0.15, 0.2) is 0 Å². The van der Waals surface area contributed by atoms with E-state index in [-0.39, 0.29) is 16.4 Å². The zero-order valence-electron chi connectivity index (χ0n) is 11.0. The maximum atomic E-state index is 13.4. The number of benzene rings is 1. The van der Waals surface area contributed by atoms with E-state index < -0.39 is 21.8 Å². The van der Waals surface area contributed by atoms with Crippen molar-refractivity contribution >= 4 is 16.0 Å². The summed E-state index contributed by atoms with van der Waals surface area (Å²) in [5.41, 5.74) is -0.367. The lowest BCUT2D eigenvalue weighted by molar-refractivity contribution is 0.0696. The Bertz CT molecular complexity index is 629. The zero-order valence-corrected chi connectivity index (χ0v) is 11.9. The van der Waals surface area contributed by atoms with Gasteiger partial charge in [-0.05, 0) is 37.0 Å². The van der Waals surface area contributed by atoms with Crippen molar-refractivity contribution in [2.75, 3.05) is 13.1 Å². The molecule has 0 aliphatic carbocycles. The fourth-order valence-corrected chi connectivity index (χ4v) is 4.00. The summed E-state index contributed by atoms with van der Waals surface area (Å²) in [5.74, 6) is -1.98. The van der Waals surface area contributed by atoms with Crippen LogP contribution in [0.5, 0.6) is 0 Å². The van der Waals surface area contributed by atoms with Crippen LogP contribution in [0.4, 0.5) is 4.39 Å². The highest BCUT2D eigenvalue weighted by atomic mass is 32.2. The number of hydrogen-bond acceptors (Lipinski definition) is 3. The van der Waals surface area contributed by atoms with Crippen molar-refractivity contribution in [3.8, 4) is 0 Å². The molecule has 110 valence electrons. The van der Waals surface area contributed by atoms with Crippen molar-refractivity contribution in [2.24, 2.45) is 5.92 Å². The molecular formula is C13H16FNO4S. The highest BCUT2D eigenvalue weighted by molar-refractivity contribution is 7.89. The lowest BCUT2D eigenvalue weighted by atomic mass is 10.0. The number of halogens is 1. The fraction of sp³-hybridized carbons (Fsp3) is 0.462. The van der Waals surface area contributed by atoms with Gasteiger partial charge >= 0.3 is 5.97 Å². The van der Waals surface area contributed by atoms with Crippen molar-refractivity contribution in [3.63, 3.8) is 0 Å². The SMILES string of the molecule is CC1CCCN(S(=O)(=O)c2cc(F)cc(C(=O)O)c2)C1. The third-order valence-electron chi connectivity index (χ3n) is 3.38. The molecule has 1 heterocycles. The number of sulfonamides is 1. The number of carbonyl (C=O) groups is 1. The Kier molecular flexibility index (Phi) is 4.10. The molecule has 5 nitrogen and oxygen atoms in total. The van der Waals surface area contributed by atoms with E-state index in [2.05, 4.69) is 0 Å². The normalized spacial score (nSPS) is 20.8. The van der Waals surface area contributed by atoms with Gasteiger partial charge in [-0.2, -0.15) is 4.31 Å². The number of hydrogen-bond donors (Lipinski definition) is 1. The van der Waals surface area contributed by atoms with Crippen molar-refractivity contribution in [3.05, 3.63) is 29.6 Å². The molecule has 0 aromatic heterocycles. The highest BCUT2D eigenvalue weighted by Gasteiger charge is 2.29. The largest absolute Gasteiger partial charge is 0.478 e. The maximum Gasteiger partial charge on any atom is 0.335 e. The second-order valence-corrected chi connectivity index (χ2v) is 7.03. The standard InChI is InChI=1S/C13H16FNO4S/c1-9-3-2-4-15(8-9)20(18,19)12-6-10(13(16)17)5-11(14)7-12/h5-7,9H,2-4,8H2,1H3,(H,16,17). The molecule has 0 bridgehead atoms. The van der Waals surface area contributed by atoms with Crippen LogP contribution in [-0.4, -0.2) is 36.9 Å². The summed E-state index contributed by atoms with van der Waals surface area (Å²) in [4.78, 5) is 10.6. The summed E-state index contributed by atoms with van der Waals surface area (Å²) in [6.07, 6.45) is 1.71.